The average molecular weight is 280 g/mol. The molecule has 2 heterocycles. The number of nitrogens with zero attached hydrogens (tertiary/aromatic N) is 1. The van der Waals surface area contributed by atoms with Crippen LogP contribution in [0.5, 0.6) is 0 Å². The first-order chi connectivity index (χ1) is 9.06. The highest BCUT2D eigenvalue weighted by Crippen LogP contribution is 2.19. The molecule has 4 nitrogen and oxygen atoms in total. The van der Waals surface area contributed by atoms with Gasteiger partial charge in [0.25, 0.3) is 0 Å². The number of carbonyl (C=O) groups is 2. The Morgan fingerprint density at radius 3 is 3.00 bits per heavy atom. The predicted molar refractivity (Wildman–Crippen MR) is 75.7 cm³/mol. The standard InChI is InChI=1S/C14H20N2O2S/c1-10(2)8-16-9-11(6-13(16)17)14(18)15-7-12-4-3-5-19-12/h3-5,10-11H,6-9H2,1-2H3,(H,15,18)/t11-/m1/s1. The summed E-state index contributed by atoms with van der Waals surface area (Å²) in [4.78, 5) is 26.8. The number of likely N-dealkylation sites (tertiary alicyclic amines) is 1. The molecule has 1 aliphatic rings. The molecule has 1 aromatic heterocycles. The molecule has 0 bridgehead atoms. The molecule has 2 rings (SSSR count). The molecule has 19 heavy (non-hydrogen) atoms. The molecule has 0 unspecified atom stereocenters. The van der Waals surface area contributed by atoms with E-state index in [9.17, 15) is 9.59 Å². The zero-order valence-electron chi connectivity index (χ0n) is 11.4. The number of hydrogen-bond donors (Lipinski definition) is 1. The van der Waals surface area contributed by atoms with Crippen molar-refractivity contribution in [1.82, 2.24) is 10.2 Å². The topological polar surface area (TPSA) is 49.4 Å². The molecular formula is C14H20N2O2S. The van der Waals surface area contributed by atoms with Crippen molar-refractivity contribution in [2.75, 3.05) is 13.1 Å². The normalized spacial score (nSPS) is 19.2. The second kappa shape index (κ2) is 6.19. The van der Waals surface area contributed by atoms with Gasteiger partial charge in [-0.15, -0.1) is 11.3 Å². The van der Waals surface area contributed by atoms with Crippen LogP contribution in [0, 0.1) is 11.8 Å². The van der Waals surface area contributed by atoms with Crippen LogP contribution in [0.3, 0.4) is 0 Å². The fourth-order valence-electron chi connectivity index (χ4n) is 2.30. The molecule has 5 heteroatoms. The number of thiophene rings is 1. The van der Waals surface area contributed by atoms with E-state index in [-0.39, 0.29) is 17.7 Å². The van der Waals surface area contributed by atoms with Crippen LogP contribution in [0.1, 0.15) is 25.1 Å². The van der Waals surface area contributed by atoms with E-state index >= 15 is 0 Å². The van der Waals surface area contributed by atoms with Crippen molar-refractivity contribution in [2.24, 2.45) is 11.8 Å². The Bertz CT molecular complexity index is 442. The lowest BCUT2D eigenvalue weighted by Crippen LogP contribution is -2.33. The van der Waals surface area contributed by atoms with Gasteiger partial charge in [0, 0.05) is 24.4 Å². The van der Waals surface area contributed by atoms with Crippen LogP contribution in [0.15, 0.2) is 17.5 Å². The van der Waals surface area contributed by atoms with Gasteiger partial charge < -0.3 is 10.2 Å². The van der Waals surface area contributed by atoms with E-state index in [0.717, 1.165) is 11.4 Å². The molecule has 1 aliphatic heterocycles. The van der Waals surface area contributed by atoms with E-state index in [4.69, 9.17) is 0 Å². The zero-order chi connectivity index (χ0) is 13.8. The number of amides is 2. The molecule has 0 aliphatic carbocycles. The fraction of sp³-hybridized carbons (Fsp3) is 0.571. The molecule has 1 saturated heterocycles. The van der Waals surface area contributed by atoms with E-state index in [1.54, 1.807) is 16.2 Å². The second-order valence-corrected chi connectivity index (χ2v) is 6.42. The highest BCUT2D eigenvalue weighted by molar-refractivity contribution is 7.09. The highest BCUT2D eigenvalue weighted by atomic mass is 32.1. The van der Waals surface area contributed by atoms with Gasteiger partial charge in [-0.2, -0.15) is 0 Å². The van der Waals surface area contributed by atoms with Crippen LogP contribution >= 0.6 is 11.3 Å². The Morgan fingerprint density at radius 1 is 1.58 bits per heavy atom. The van der Waals surface area contributed by atoms with Crippen LogP contribution in [0.2, 0.25) is 0 Å². The number of nitrogens with one attached hydrogen (secondary N) is 1. The minimum atomic E-state index is -0.189. The molecule has 1 fully saturated rings. The molecule has 1 aromatic rings. The van der Waals surface area contributed by atoms with E-state index in [1.165, 1.54) is 0 Å². The summed E-state index contributed by atoms with van der Waals surface area (Å²) in [5.41, 5.74) is 0. The summed E-state index contributed by atoms with van der Waals surface area (Å²) in [7, 11) is 0. The van der Waals surface area contributed by atoms with E-state index < -0.39 is 0 Å². The highest BCUT2D eigenvalue weighted by Gasteiger charge is 2.34. The van der Waals surface area contributed by atoms with Crippen LogP contribution in [0.25, 0.3) is 0 Å². The third kappa shape index (κ3) is 3.80. The Kier molecular flexibility index (Phi) is 4.58. The van der Waals surface area contributed by atoms with Gasteiger partial charge >= 0.3 is 0 Å². The van der Waals surface area contributed by atoms with Crippen LogP contribution in [0.4, 0.5) is 0 Å². The van der Waals surface area contributed by atoms with Crippen molar-refractivity contribution in [1.29, 1.82) is 0 Å². The van der Waals surface area contributed by atoms with Crippen LogP contribution in [-0.4, -0.2) is 29.8 Å². The monoisotopic (exact) mass is 280 g/mol. The minimum Gasteiger partial charge on any atom is -0.351 e. The second-order valence-electron chi connectivity index (χ2n) is 5.39. The average Bonchev–Trinajstić information content (AvgIpc) is 2.96. The molecule has 0 saturated carbocycles. The van der Waals surface area contributed by atoms with Gasteiger partial charge in [-0.25, -0.2) is 0 Å². The third-order valence-electron chi connectivity index (χ3n) is 3.19. The first-order valence-electron chi connectivity index (χ1n) is 6.64. The molecule has 2 amide bonds. The SMILES string of the molecule is CC(C)CN1C[C@H](C(=O)NCc2cccs2)CC1=O. The maximum Gasteiger partial charge on any atom is 0.225 e. The van der Waals surface area contributed by atoms with Gasteiger partial charge in [0.1, 0.15) is 0 Å². The van der Waals surface area contributed by atoms with Crippen molar-refractivity contribution >= 4 is 23.2 Å². The Balaban J connectivity index is 1.82. The van der Waals surface area contributed by atoms with Crippen molar-refractivity contribution in [3.8, 4) is 0 Å². The first kappa shape index (κ1) is 14.1. The fourth-order valence-corrected chi connectivity index (χ4v) is 2.94. The molecular weight excluding hydrogens is 260 g/mol. The molecule has 104 valence electrons. The van der Waals surface area contributed by atoms with Gasteiger partial charge in [-0.3, -0.25) is 9.59 Å². The summed E-state index contributed by atoms with van der Waals surface area (Å²) in [6.45, 7) is 6.03. The minimum absolute atomic E-state index is 0.00648. The van der Waals surface area contributed by atoms with Gasteiger partial charge in [0.15, 0.2) is 0 Å². The van der Waals surface area contributed by atoms with Crippen molar-refractivity contribution in [3.63, 3.8) is 0 Å². The largest absolute Gasteiger partial charge is 0.351 e. The summed E-state index contributed by atoms with van der Waals surface area (Å²) in [5.74, 6) is 0.348. The summed E-state index contributed by atoms with van der Waals surface area (Å²) in [6, 6.07) is 3.96. The predicted octanol–water partition coefficient (Wildman–Crippen LogP) is 1.87. The van der Waals surface area contributed by atoms with Crippen molar-refractivity contribution in [3.05, 3.63) is 22.4 Å². The molecule has 0 radical (unpaired) electrons. The van der Waals surface area contributed by atoms with E-state index in [1.807, 2.05) is 17.5 Å². The van der Waals surface area contributed by atoms with Crippen LogP contribution in [-0.2, 0) is 16.1 Å². The lowest BCUT2D eigenvalue weighted by Gasteiger charge is -2.18. The summed E-state index contributed by atoms with van der Waals surface area (Å²) in [5, 5.41) is 4.91. The lowest BCUT2D eigenvalue weighted by molar-refractivity contribution is -0.129. The Hall–Kier alpha value is -1.36. The maximum atomic E-state index is 12.0. The Labute approximate surface area is 117 Å². The molecule has 0 aromatic carbocycles. The van der Waals surface area contributed by atoms with E-state index in [2.05, 4.69) is 19.2 Å². The zero-order valence-corrected chi connectivity index (χ0v) is 12.2. The number of hydrogen-bond acceptors (Lipinski definition) is 3. The number of carbonyl (C=O) groups excluding carboxylic acids is 2. The Morgan fingerprint density at radius 2 is 2.37 bits per heavy atom. The van der Waals surface area contributed by atoms with Gasteiger partial charge in [0.05, 0.1) is 12.5 Å². The van der Waals surface area contributed by atoms with Gasteiger partial charge in [-0.1, -0.05) is 19.9 Å². The van der Waals surface area contributed by atoms with Gasteiger partial charge in [0.2, 0.25) is 11.8 Å². The first-order valence-corrected chi connectivity index (χ1v) is 7.52. The van der Waals surface area contributed by atoms with Gasteiger partial charge in [-0.05, 0) is 17.4 Å². The van der Waals surface area contributed by atoms with Crippen molar-refractivity contribution < 1.29 is 9.59 Å². The number of rotatable bonds is 5. The lowest BCUT2D eigenvalue weighted by atomic mass is 10.1. The quantitative estimate of drug-likeness (QED) is 0.895. The summed E-state index contributed by atoms with van der Waals surface area (Å²) >= 11 is 1.62. The van der Waals surface area contributed by atoms with E-state index in [0.29, 0.717) is 25.4 Å². The van der Waals surface area contributed by atoms with Crippen LogP contribution < -0.4 is 5.32 Å². The molecule has 1 N–H and O–H groups in total. The molecule has 0 spiro atoms. The molecule has 1 atom stereocenters. The summed E-state index contributed by atoms with van der Waals surface area (Å²) < 4.78 is 0. The maximum absolute atomic E-state index is 12.0. The van der Waals surface area contributed by atoms with Crippen molar-refractivity contribution in [2.45, 2.75) is 26.8 Å². The third-order valence-corrected chi connectivity index (χ3v) is 4.06. The smallest absolute Gasteiger partial charge is 0.225 e. The summed E-state index contributed by atoms with van der Waals surface area (Å²) in [6.07, 6.45) is 0.350.